The molecule has 192 valence electrons. The first-order valence-electron chi connectivity index (χ1n) is 12.7. The third-order valence-electron chi connectivity index (χ3n) is 7.21. The highest BCUT2D eigenvalue weighted by molar-refractivity contribution is 5.92. The van der Waals surface area contributed by atoms with Crippen LogP contribution in [0.1, 0.15) is 76.5 Å². The molecule has 5 rings (SSSR count). The van der Waals surface area contributed by atoms with E-state index in [0.29, 0.717) is 40.6 Å². The van der Waals surface area contributed by atoms with E-state index in [9.17, 15) is 5.11 Å². The number of fused-ring (bicyclic) bond motifs is 2. The number of hydrogen-bond donors (Lipinski definition) is 3. The number of hydrogen-bond acceptors (Lipinski definition) is 6. The molecule has 4 aromatic heterocycles. The molecule has 0 aliphatic heterocycles. The van der Waals surface area contributed by atoms with Gasteiger partial charge in [-0.15, -0.1) is 0 Å². The Morgan fingerprint density at radius 3 is 2.67 bits per heavy atom. The number of aromatic amines is 1. The molecule has 0 aromatic carbocycles. The lowest BCUT2D eigenvalue weighted by Gasteiger charge is -2.31. The quantitative estimate of drug-likeness (QED) is 0.337. The maximum absolute atomic E-state index is 16.2. The van der Waals surface area contributed by atoms with Gasteiger partial charge in [0.1, 0.15) is 6.33 Å². The highest BCUT2D eigenvalue weighted by Crippen LogP contribution is 2.41. The third kappa shape index (κ3) is 4.57. The van der Waals surface area contributed by atoms with Crippen molar-refractivity contribution in [3.05, 3.63) is 41.9 Å². The molecule has 3 N–H and O–H groups in total. The lowest BCUT2D eigenvalue weighted by Crippen LogP contribution is -2.42. The number of ether oxygens (including phenoxy) is 1. The number of H-pyrrole nitrogens is 1. The maximum atomic E-state index is 16.2. The molecule has 0 saturated heterocycles. The van der Waals surface area contributed by atoms with Crippen molar-refractivity contribution in [2.45, 2.75) is 76.9 Å². The van der Waals surface area contributed by atoms with Gasteiger partial charge < -0.3 is 20.1 Å². The third-order valence-corrected chi connectivity index (χ3v) is 7.21. The van der Waals surface area contributed by atoms with Crippen LogP contribution >= 0.6 is 0 Å². The first kappa shape index (κ1) is 24.6. The molecule has 36 heavy (non-hydrogen) atoms. The van der Waals surface area contributed by atoms with Gasteiger partial charge in [0.25, 0.3) is 0 Å². The van der Waals surface area contributed by atoms with Crippen LogP contribution in [0.15, 0.2) is 24.8 Å². The molecule has 1 aliphatic rings. The average Bonchev–Trinajstić information content (AvgIpc) is 3.47. The van der Waals surface area contributed by atoms with Crippen LogP contribution in [0.4, 0.5) is 4.39 Å². The van der Waals surface area contributed by atoms with Gasteiger partial charge in [0, 0.05) is 35.7 Å². The topological polar surface area (TPSA) is 100 Å². The number of aromatic nitrogens is 5. The van der Waals surface area contributed by atoms with Crippen LogP contribution in [0, 0.1) is 5.82 Å². The highest BCUT2D eigenvalue weighted by atomic mass is 19.1. The van der Waals surface area contributed by atoms with E-state index >= 15 is 4.39 Å². The van der Waals surface area contributed by atoms with Crippen LogP contribution < -0.4 is 10.1 Å². The second kappa shape index (κ2) is 9.44. The second-order valence-corrected chi connectivity index (χ2v) is 10.9. The van der Waals surface area contributed by atoms with E-state index in [0.717, 1.165) is 42.5 Å². The SMILES string of the molecule is COc1cc(-c2[nH]c3cnc(C4CCC(NCC(C)(C)O)CC4)c(F)c3c2C(C)C)cn2ncnc12. The summed E-state index contributed by atoms with van der Waals surface area (Å²) in [7, 11) is 1.60. The molecule has 0 radical (unpaired) electrons. The Morgan fingerprint density at radius 1 is 1.25 bits per heavy atom. The predicted octanol–water partition coefficient (Wildman–Crippen LogP) is 4.93. The van der Waals surface area contributed by atoms with E-state index in [-0.39, 0.29) is 17.7 Å². The zero-order valence-electron chi connectivity index (χ0n) is 21.6. The molecule has 0 amide bonds. The van der Waals surface area contributed by atoms with Crippen LogP contribution in [0.2, 0.25) is 0 Å². The van der Waals surface area contributed by atoms with Crippen molar-refractivity contribution in [3.8, 4) is 17.0 Å². The van der Waals surface area contributed by atoms with Crippen molar-refractivity contribution in [2.75, 3.05) is 13.7 Å². The van der Waals surface area contributed by atoms with Crippen molar-refractivity contribution in [1.29, 1.82) is 0 Å². The molecule has 8 nitrogen and oxygen atoms in total. The molecular formula is C27H35FN6O2. The summed E-state index contributed by atoms with van der Waals surface area (Å²) in [5.74, 6) is 0.547. The van der Waals surface area contributed by atoms with Gasteiger partial charge in [-0.25, -0.2) is 13.9 Å². The molecule has 0 spiro atoms. The van der Waals surface area contributed by atoms with E-state index in [4.69, 9.17) is 4.74 Å². The molecule has 1 aliphatic carbocycles. The largest absolute Gasteiger partial charge is 0.493 e. The summed E-state index contributed by atoms with van der Waals surface area (Å²) >= 11 is 0. The lowest BCUT2D eigenvalue weighted by molar-refractivity contribution is 0.0742. The molecule has 4 heterocycles. The molecular weight excluding hydrogens is 459 g/mol. The number of pyridine rings is 2. The zero-order valence-corrected chi connectivity index (χ0v) is 21.6. The number of nitrogens with zero attached hydrogens (tertiary/aromatic N) is 4. The van der Waals surface area contributed by atoms with Crippen molar-refractivity contribution in [3.63, 3.8) is 0 Å². The molecule has 4 aromatic rings. The fraction of sp³-hybridized carbons (Fsp3) is 0.519. The normalized spacial score (nSPS) is 19.0. The summed E-state index contributed by atoms with van der Waals surface area (Å²) in [6, 6.07) is 2.25. The van der Waals surface area contributed by atoms with Gasteiger partial charge in [-0.05, 0) is 57.1 Å². The Balaban J connectivity index is 1.50. The van der Waals surface area contributed by atoms with E-state index < -0.39 is 5.60 Å². The Morgan fingerprint density at radius 2 is 2.00 bits per heavy atom. The number of nitrogens with one attached hydrogen (secondary N) is 2. The first-order valence-corrected chi connectivity index (χ1v) is 12.7. The Bertz CT molecular complexity index is 1380. The van der Waals surface area contributed by atoms with Gasteiger partial charge >= 0.3 is 0 Å². The number of methoxy groups -OCH3 is 1. The highest BCUT2D eigenvalue weighted by Gasteiger charge is 2.29. The first-order chi connectivity index (χ1) is 17.2. The van der Waals surface area contributed by atoms with E-state index in [1.807, 2.05) is 12.3 Å². The summed E-state index contributed by atoms with van der Waals surface area (Å²) in [5, 5.41) is 18.3. The molecule has 9 heteroatoms. The summed E-state index contributed by atoms with van der Waals surface area (Å²) < 4.78 is 23.4. The molecule has 0 bridgehead atoms. The summed E-state index contributed by atoms with van der Waals surface area (Å²) in [4.78, 5) is 12.3. The monoisotopic (exact) mass is 494 g/mol. The standard InChI is InChI=1S/C27H35FN6O2/c1-15(2)21-22-19(33-24(21)17-10-20(36-5)26-31-14-32-34(26)12-17)11-29-25(23(22)28)16-6-8-18(9-7-16)30-13-27(3,4)35/h10-12,14-16,18,30,33,35H,6-9,13H2,1-5H3. The van der Waals surface area contributed by atoms with Crippen LogP contribution in [0.3, 0.4) is 0 Å². The van der Waals surface area contributed by atoms with Gasteiger partial charge in [0.2, 0.25) is 0 Å². The number of aliphatic hydroxyl groups is 1. The van der Waals surface area contributed by atoms with Crippen molar-refractivity contribution in [2.24, 2.45) is 0 Å². The Kier molecular flexibility index (Phi) is 6.46. The van der Waals surface area contributed by atoms with Gasteiger partial charge in [-0.2, -0.15) is 5.10 Å². The zero-order chi connectivity index (χ0) is 25.6. The van der Waals surface area contributed by atoms with Crippen molar-refractivity contribution >= 4 is 16.6 Å². The van der Waals surface area contributed by atoms with Crippen LogP contribution in [0.25, 0.3) is 27.8 Å². The number of rotatable bonds is 7. The summed E-state index contributed by atoms with van der Waals surface area (Å²) in [6.45, 7) is 8.32. The number of halogens is 1. The second-order valence-electron chi connectivity index (χ2n) is 10.9. The summed E-state index contributed by atoms with van der Waals surface area (Å²) in [6.07, 6.45) is 8.75. The van der Waals surface area contributed by atoms with Crippen LogP contribution in [0.5, 0.6) is 5.75 Å². The lowest BCUT2D eigenvalue weighted by atomic mass is 9.83. The van der Waals surface area contributed by atoms with Gasteiger partial charge in [0.05, 0.1) is 35.8 Å². The molecule has 1 saturated carbocycles. The van der Waals surface area contributed by atoms with E-state index in [1.54, 1.807) is 31.7 Å². The van der Waals surface area contributed by atoms with E-state index in [1.165, 1.54) is 6.33 Å². The van der Waals surface area contributed by atoms with Gasteiger partial charge in [-0.3, -0.25) is 4.98 Å². The smallest absolute Gasteiger partial charge is 0.197 e. The van der Waals surface area contributed by atoms with Crippen molar-refractivity contribution < 1.29 is 14.2 Å². The van der Waals surface area contributed by atoms with E-state index in [2.05, 4.69) is 39.2 Å². The van der Waals surface area contributed by atoms with Gasteiger partial charge in [-0.1, -0.05) is 13.8 Å². The fourth-order valence-electron chi connectivity index (χ4n) is 5.42. The summed E-state index contributed by atoms with van der Waals surface area (Å²) in [5.41, 5.74) is 3.75. The van der Waals surface area contributed by atoms with Gasteiger partial charge in [0.15, 0.2) is 17.2 Å². The Labute approximate surface area is 210 Å². The fourth-order valence-corrected chi connectivity index (χ4v) is 5.42. The molecule has 0 atom stereocenters. The average molecular weight is 495 g/mol. The minimum Gasteiger partial charge on any atom is -0.493 e. The van der Waals surface area contributed by atoms with Crippen LogP contribution in [-0.2, 0) is 0 Å². The minimum atomic E-state index is -0.739. The predicted molar refractivity (Wildman–Crippen MR) is 138 cm³/mol. The minimum absolute atomic E-state index is 0.0812. The molecule has 1 fully saturated rings. The molecule has 0 unspecified atom stereocenters. The van der Waals surface area contributed by atoms with Crippen LogP contribution in [-0.4, -0.2) is 55.0 Å². The Hall–Kier alpha value is -3.04. The maximum Gasteiger partial charge on any atom is 0.197 e. The van der Waals surface area contributed by atoms with Crippen molar-refractivity contribution in [1.82, 2.24) is 29.9 Å².